The fourth-order valence-corrected chi connectivity index (χ4v) is 13.1. The number of phenols is 1. The number of morpholine rings is 1. The molecule has 23 nitrogen and oxygen atoms in total. The average molecular weight is 1210 g/mol. The largest absolute Gasteiger partial charge is 0.507 e. The molecule has 2 aliphatic carbocycles. The smallest absolute Gasteiger partial charge is 0.410 e. The fraction of sp³-hybridized carbons (Fsp3) is 0.540. The lowest BCUT2D eigenvalue weighted by molar-refractivity contribution is -0.116. The van der Waals surface area contributed by atoms with Gasteiger partial charge < -0.3 is 78.7 Å². The first-order valence-electron chi connectivity index (χ1n) is 29.8. The van der Waals surface area contributed by atoms with Gasteiger partial charge in [0.1, 0.15) is 40.2 Å². The van der Waals surface area contributed by atoms with E-state index in [2.05, 4.69) is 10.6 Å². The number of anilines is 1. The lowest BCUT2D eigenvalue weighted by atomic mass is 9.78. The number of carboxylic acids is 1. The summed E-state index contributed by atoms with van der Waals surface area (Å²) in [4.78, 5) is 103. The van der Waals surface area contributed by atoms with Crippen molar-refractivity contribution in [1.29, 1.82) is 0 Å². The summed E-state index contributed by atoms with van der Waals surface area (Å²) in [7, 11) is 2.83. The molecular weight excluding hydrogens is 1130 g/mol. The number of benzene rings is 2. The van der Waals surface area contributed by atoms with Gasteiger partial charge in [0, 0.05) is 112 Å². The highest BCUT2D eigenvalue weighted by atomic mass is 19.1. The molecule has 24 heteroatoms. The molecule has 87 heavy (non-hydrogen) atoms. The fourth-order valence-electron chi connectivity index (χ4n) is 13.1. The molecule has 3 aromatic rings. The van der Waals surface area contributed by atoms with Crippen molar-refractivity contribution in [2.45, 2.75) is 129 Å². The van der Waals surface area contributed by atoms with E-state index >= 15 is 4.39 Å². The van der Waals surface area contributed by atoms with Crippen LogP contribution in [0.25, 0.3) is 10.9 Å². The number of halogens is 1. The number of ketones is 3. The van der Waals surface area contributed by atoms with Crippen LogP contribution in [0, 0.1) is 36.4 Å². The van der Waals surface area contributed by atoms with Crippen molar-refractivity contribution in [3.63, 3.8) is 0 Å². The predicted octanol–water partition coefficient (Wildman–Crippen LogP) is 5.69. The molecule has 0 spiro atoms. The number of carboxylic acid groups (broad SMARTS) is 1. The number of aliphatic hydroxyl groups is 2. The number of piperidine rings is 1. The lowest BCUT2D eigenvalue weighted by Gasteiger charge is -2.40. The van der Waals surface area contributed by atoms with Crippen molar-refractivity contribution in [1.82, 2.24) is 25.0 Å². The van der Waals surface area contributed by atoms with Crippen LogP contribution in [0.2, 0.25) is 0 Å². The summed E-state index contributed by atoms with van der Waals surface area (Å²) >= 11 is 0. The molecule has 5 bridgehead atoms. The number of aromatic nitrogens is 1. The number of methoxy groups -OCH3 is 2. The summed E-state index contributed by atoms with van der Waals surface area (Å²) in [6, 6.07) is 0.943. The summed E-state index contributed by atoms with van der Waals surface area (Å²) in [5, 5.41) is 51.7. The number of fused-ring (bicyclic) bond motifs is 15. The van der Waals surface area contributed by atoms with Crippen LogP contribution in [0.15, 0.2) is 64.6 Å². The Balaban J connectivity index is 0.878. The van der Waals surface area contributed by atoms with Crippen LogP contribution >= 0.6 is 0 Å². The van der Waals surface area contributed by atoms with Gasteiger partial charge in [-0.25, -0.2) is 14.0 Å². The molecule has 468 valence electrons. The van der Waals surface area contributed by atoms with Gasteiger partial charge in [0.05, 0.1) is 72.5 Å². The van der Waals surface area contributed by atoms with Crippen LogP contribution in [-0.2, 0) is 23.7 Å². The van der Waals surface area contributed by atoms with Crippen LogP contribution in [0.1, 0.15) is 127 Å². The Morgan fingerprint density at radius 1 is 0.839 bits per heavy atom. The summed E-state index contributed by atoms with van der Waals surface area (Å²) < 4.78 is 54.0. The number of carbonyl (C=O) groups is 6. The number of hydrogen-bond donors (Lipinski definition) is 6. The molecule has 4 fully saturated rings. The number of Topliss-reactive ketones (excluding diaryl/α,β-unsaturated/α-hetero) is 3. The summed E-state index contributed by atoms with van der Waals surface area (Å²) in [5.41, 5.74) is -2.37. The van der Waals surface area contributed by atoms with E-state index in [-0.39, 0.29) is 89.4 Å². The molecule has 8 aliphatic rings. The average Bonchev–Trinajstić information content (AvgIpc) is 1.70. The molecule has 6 aliphatic heterocycles. The normalized spacial score (nSPS) is 30.0. The van der Waals surface area contributed by atoms with Crippen LogP contribution in [-0.4, -0.2) is 179 Å². The minimum atomic E-state index is -2.16. The minimum Gasteiger partial charge on any atom is -0.507 e. The van der Waals surface area contributed by atoms with Crippen LogP contribution in [0.5, 0.6) is 17.2 Å². The summed E-state index contributed by atoms with van der Waals surface area (Å²) in [5.74, 6) is -11.2. The first-order valence-corrected chi connectivity index (χ1v) is 29.8. The predicted molar refractivity (Wildman–Crippen MR) is 314 cm³/mol. The van der Waals surface area contributed by atoms with Gasteiger partial charge >= 0.3 is 17.8 Å². The first-order chi connectivity index (χ1) is 41.4. The maximum absolute atomic E-state index is 16.2. The van der Waals surface area contributed by atoms with Gasteiger partial charge in [-0.1, -0.05) is 45.9 Å². The number of aromatic hydroxyl groups is 1. The molecule has 2 aromatic carbocycles. The zero-order valence-electron chi connectivity index (χ0n) is 50.3. The summed E-state index contributed by atoms with van der Waals surface area (Å²) in [6.07, 6.45) is 6.84. The number of pyridine rings is 1. The third-order valence-corrected chi connectivity index (χ3v) is 18.5. The number of amides is 2. The monoisotopic (exact) mass is 1210 g/mol. The molecule has 1 saturated carbocycles. The number of nitrogens with zero attached hydrogens (tertiary/aromatic N) is 4. The van der Waals surface area contributed by atoms with E-state index in [0.29, 0.717) is 51.0 Å². The highest BCUT2D eigenvalue weighted by molar-refractivity contribution is 6.32. The number of carbonyl (C=O) groups excluding carboxylic acids is 5. The Morgan fingerprint density at radius 2 is 1.53 bits per heavy atom. The maximum Gasteiger partial charge on any atom is 0.410 e. The molecule has 3 saturated heterocycles. The third kappa shape index (κ3) is 11.6. The Bertz CT molecular complexity index is 3490. The second kappa shape index (κ2) is 24.9. The van der Waals surface area contributed by atoms with E-state index < -0.39 is 129 Å². The highest BCUT2D eigenvalue weighted by Gasteiger charge is 2.53. The number of hydrogen-bond acceptors (Lipinski definition) is 19. The molecule has 2 amide bonds. The number of allylic oxidation sites excluding steroid dienone is 4. The number of ether oxygens (including phenoxy) is 6. The van der Waals surface area contributed by atoms with Crippen LogP contribution in [0.3, 0.4) is 0 Å². The molecule has 1 unspecified atom stereocenters. The standard InChI is InChI=1S/C63H77FN6O17/c1-30-11-10-12-31(2)60(78)66-46-49(67-22-25-84-26-23-67)55(76)43-44(54(46)75)52(73)35(6)57-45(43)59(77)63(7,87-57)85-24-18-42(82-8)32(3)56(34(5)51(72)33(4)50(30)71)86-62(81)68-19-15-36(16-20-68)65-37-17-21-69(28-37)48-41(64)27-39-47(58(48)83-9)70(38-13-14-38)29-40(53(39)74)61(79)80/h10-12,18,24,27,29-30,32-34,36-38,42,50-51,56,65,71-73H,13-17,19-23,25-26,28H2,1-9H3,(H,66,78)(H,79,80)/b11-10+,24-18+,31-12-/t30-,32+,33+,34+,37?,42-,50-,51+,56+,63-/m0/s1. The maximum atomic E-state index is 16.2. The Labute approximate surface area is 502 Å². The molecule has 10 atom stereocenters. The summed E-state index contributed by atoms with van der Waals surface area (Å²) in [6.45, 7) is 13.3. The number of phenolic OH excluding ortho intramolecular Hbond substituents is 1. The Morgan fingerprint density at radius 3 is 2.18 bits per heavy atom. The second-order valence-corrected chi connectivity index (χ2v) is 24.2. The van der Waals surface area contributed by atoms with E-state index in [1.165, 1.54) is 59.6 Å². The topological polar surface area (TPSA) is 294 Å². The second-order valence-electron chi connectivity index (χ2n) is 24.2. The number of aliphatic hydroxyl groups excluding tert-OH is 2. The third-order valence-electron chi connectivity index (χ3n) is 18.5. The Hall–Kier alpha value is -7.64. The first kappa shape index (κ1) is 62.4. The van der Waals surface area contributed by atoms with E-state index in [1.807, 2.05) is 4.90 Å². The minimum absolute atomic E-state index is 0.0315. The Kier molecular flexibility index (Phi) is 17.8. The molecule has 7 heterocycles. The lowest BCUT2D eigenvalue weighted by Crippen LogP contribution is -2.51. The number of aromatic carboxylic acids is 1. The SMILES string of the molecule is COc1c(N2CCC(NC3CCN(C(=O)O[C@H]4[C@H](C)[C@H](O)[C@H](C)[C@@H](O)[C@@H](C)/C=C/C=C(/C)C(=O)NC5=C(N6CCOCC6)C(=O)c6c(c(O)c(C)c7c6C(=O)[C@@](C)(O/C=C/[C@H](OC)[C@H]4C)O7)C5=O)CC3)C2)c(F)cc2c(=O)c(C(=O)O)cn(C3CC3)c12. The quantitative estimate of drug-likeness (QED) is 0.150. The van der Waals surface area contributed by atoms with Crippen molar-refractivity contribution in [3.8, 4) is 17.2 Å². The van der Waals surface area contributed by atoms with Gasteiger partial charge in [0.2, 0.25) is 17.0 Å². The van der Waals surface area contributed by atoms with Crippen molar-refractivity contribution in [2.75, 3.05) is 71.6 Å². The van der Waals surface area contributed by atoms with Gasteiger partial charge in [-0.15, -0.1) is 0 Å². The van der Waals surface area contributed by atoms with Gasteiger partial charge in [-0.3, -0.25) is 24.0 Å². The number of rotatable bonds is 9. The van der Waals surface area contributed by atoms with Crippen molar-refractivity contribution >= 4 is 51.9 Å². The van der Waals surface area contributed by atoms with Gasteiger partial charge in [-0.2, -0.15) is 0 Å². The highest BCUT2D eigenvalue weighted by Crippen LogP contribution is 2.50. The molecule has 11 rings (SSSR count). The zero-order valence-corrected chi connectivity index (χ0v) is 50.3. The molecular formula is C63H77FN6O17. The van der Waals surface area contributed by atoms with E-state index in [0.717, 1.165) is 18.9 Å². The van der Waals surface area contributed by atoms with Crippen LogP contribution in [0.4, 0.5) is 14.9 Å². The molecule has 6 N–H and O–H groups in total. The van der Waals surface area contributed by atoms with Gasteiger partial charge in [-0.05, 0) is 58.1 Å². The van der Waals surface area contributed by atoms with Crippen LogP contribution < -0.4 is 30.4 Å². The van der Waals surface area contributed by atoms with Crippen molar-refractivity contribution in [3.05, 3.63) is 104 Å². The van der Waals surface area contributed by atoms with Crippen molar-refractivity contribution < 1.29 is 82.0 Å². The van der Waals surface area contributed by atoms with Gasteiger partial charge in [0.15, 0.2) is 11.6 Å². The number of nitrogens with one attached hydrogen (secondary N) is 2. The van der Waals surface area contributed by atoms with Crippen molar-refractivity contribution in [2.24, 2.45) is 23.7 Å². The van der Waals surface area contributed by atoms with E-state index in [9.17, 15) is 54.0 Å². The number of likely N-dealkylation sites (tertiary alicyclic amines) is 1. The molecule has 0 radical (unpaired) electrons. The van der Waals surface area contributed by atoms with E-state index in [4.69, 9.17) is 28.4 Å². The van der Waals surface area contributed by atoms with Gasteiger partial charge in [0.25, 0.3) is 11.7 Å². The molecule has 1 aromatic heterocycles. The van der Waals surface area contributed by atoms with E-state index in [1.54, 1.807) is 54.2 Å². The zero-order chi connectivity index (χ0) is 62.7.